The molecule has 0 radical (unpaired) electrons. The van der Waals surface area contributed by atoms with E-state index in [9.17, 15) is 4.79 Å². The van der Waals surface area contributed by atoms with Crippen LogP contribution in [0.25, 0.3) is 22.4 Å². The lowest BCUT2D eigenvalue weighted by atomic mass is 10.2. The average molecular weight is 330 g/mol. The van der Waals surface area contributed by atoms with Gasteiger partial charge in [0.05, 0.1) is 11.3 Å². The number of benzene rings is 1. The van der Waals surface area contributed by atoms with Crippen LogP contribution in [0.4, 0.5) is 0 Å². The molecule has 0 aliphatic rings. The molecule has 0 fully saturated rings. The normalized spacial score (nSPS) is 12.3. The Morgan fingerprint density at radius 2 is 2.09 bits per heavy atom. The quantitative estimate of drug-likeness (QED) is 0.567. The monoisotopic (exact) mass is 329 g/mol. The van der Waals surface area contributed by atoms with Crippen molar-refractivity contribution in [2.75, 3.05) is 0 Å². The molecule has 0 saturated heterocycles. The van der Waals surface area contributed by atoms with Crippen LogP contribution in [0.2, 0.25) is 5.02 Å². The molecular formula is C15H8ClN3O2S. The first-order valence-corrected chi connectivity index (χ1v) is 7.61. The van der Waals surface area contributed by atoms with Gasteiger partial charge in [-0.2, -0.15) is 9.50 Å². The summed E-state index contributed by atoms with van der Waals surface area (Å²) in [7, 11) is 0. The fourth-order valence-electron chi connectivity index (χ4n) is 2.09. The molecule has 0 N–H and O–H groups in total. The van der Waals surface area contributed by atoms with E-state index in [4.69, 9.17) is 16.0 Å². The van der Waals surface area contributed by atoms with E-state index in [2.05, 4.69) is 10.1 Å². The standard InChI is InChI=1S/C15H8ClN3O2S/c16-11-6-2-1-5-10(11)13-17-15-19(18-13)14(20)12(22-15)8-9-4-3-7-21-9/h1-8H/b12-8-. The zero-order valence-corrected chi connectivity index (χ0v) is 12.6. The van der Waals surface area contributed by atoms with Crippen LogP contribution in [0.5, 0.6) is 0 Å². The van der Waals surface area contributed by atoms with Crippen molar-refractivity contribution in [1.82, 2.24) is 14.6 Å². The summed E-state index contributed by atoms with van der Waals surface area (Å²) >= 11 is 7.40. The number of furan rings is 1. The second-order valence-electron chi connectivity index (χ2n) is 4.54. The number of thiazole rings is 1. The molecule has 0 aliphatic carbocycles. The summed E-state index contributed by atoms with van der Waals surface area (Å²) in [6.07, 6.45) is 3.24. The van der Waals surface area contributed by atoms with Crippen molar-refractivity contribution in [3.8, 4) is 11.4 Å². The topological polar surface area (TPSA) is 60.4 Å². The number of rotatable bonds is 2. The Balaban J connectivity index is 1.88. The van der Waals surface area contributed by atoms with E-state index < -0.39 is 0 Å². The average Bonchev–Trinajstić information content (AvgIpc) is 3.20. The molecule has 7 heteroatoms. The lowest BCUT2D eigenvalue weighted by Gasteiger charge is -1.96. The van der Waals surface area contributed by atoms with Gasteiger partial charge in [0, 0.05) is 11.6 Å². The Kier molecular flexibility index (Phi) is 3.06. The van der Waals surface area contributed by atoms with Crippen LogP contribution in [-0.4, -0.2) is 14.6 Å². The van der Waals surface area contributed by atoms with E-state index in [0.717, 1.165) is 0 Å². The third kappa shape index (κ3) is 2.13. The van der Waals surface area contributed by atoms with Crippen molar-refractivity contribution < 1.29 is 4.42 Å². The first-order valence-electron chi connectivity index (χ1n) is 6.42. The molecule has 0 saturated carbocycles. The summed E-state index contributed by atoms with van der Waals surface area (Å²) in [5.74, 6) is 1.06. The molecule has 0 spiro atoms. The van der Waals surface area contributed by atoms with Gasteiger partial charge in [0.1, 0.15) is 10.3 Å². The van der Waals surface area contributed by atoms with Gasteiger partial charge in [0.2, 0.25) is 4.96 Å². The van der Waals surface area contributed by atoms with Crippen molar-refractivity contribution in [2.45, 2.75) is 0 Å². The highest BCUT2D eigenvalue weighted by Gasteiger charge is 2.13. The minimum Gasteiger partial charge on any atom is -0.465 e. The van der Waals surface area contributed by atoms with Crippen molar-refractivity contribution >= 4 is 34.0 Å². The SMILES string of the molecule is O=c1/c(=C/c2ccco2)sc2nc(-c3ccccc3Cl)nn12. The Morgan fingerprint density at radius 1 is 1.23 bits per heavy atom. The molecule has 1 aromatic carbocycles. The second-order valence-corrected chi connectivity index (χ2v) is 5.96. The van der Waals surface area contributed by atoms with E-state index in [-0.39, 0.29) is 5.56 Å². The van der Waals surface area contributed by atoms with Gasteiger partial charge in [-0.25, -0.2) is 0 Å². The summed E-state index contributed by atoms with van der Waals surface area (Å²) < 4.78 is 7.03. The van der Waals surface area contributed by atoms with Gasteiger partial charge in [0.15, 0.2) is 5.82 Å². The molecule has 3 heterocycles. The number of nitrogens with zero attached hydrogens (tertiary/aromatic N) is 3. The van der Waals surface area contributed by atoms with E-state index in [1.165, 1.54) is 15.9 Å². The summed E-state index contributed by atoms with van der Waals surface area (Å²) in [5, 5.41) is 4.81. The lowest BCUT2D eigenvalue weighted by Crippen LogP contribution is -2.23. The van der Waals surface area contributed by atoms with Gasteiger partial charge in [-0.3, -0.25) is 4.79 Å². The molecule has 108 valence electrons. The van der Waals surface area contributed by atoms with Crippen LogP contribution in [0.3, 0.4) is 0 Å². The Hall–Kier alpha value is -2.44. The van der Waals surface area contributed by atoms with Crippen LogP contribution < -0.4 is 10.1 Å². The summed E-state index contributed by atoms with van der Waals surface area (Å²) in [6.45, 7) is 0. The van der Waals surface area contributed by atoms with Crippen LogP contribution in [0.1, 0.15) is 5.76 Å². The highest BCUT2D eigenvalue weighted by atomic mass is 35.5. The highest BCUT2D eigenvalue weighted by Crippen LogP contribution is 2.25. The number of fused-ring (bicyclic) bond motifs is 1. The van der Waals surface area contributed by atoms with E-state index in [0.29, 0.717) is 31.7 Å². The maximum Gasteiger partial charge on any atom is 0.291 e. The second kappa shape index (κ2) is 5.08. The van der Waals surface area contributed by atoms with Gasteiger partial charge in [-0.1, -0.05) is 35.1 Å². The zero-order chi connectivity index (χ0) is 15.1. The lowest BCUT2D eigenvalue weighted by molar-refractivity contribution is 0.556. The van der Waals surface area contributed by atoms with Gasteiger partial charge >= 0.3 is 0 Å². The fourth-order valence-corrected chi connectivity index (χ4v) is 3.20. The van der Waals surface area contributed by atoms with Crippen molar-refractivity contribution in [3.05, 3.63) is 68.3 Å². The molecule has 0 bridgehead atoms. The van der Waals surface area contributed by atoms with E-state index in [1.807, 2.05) is 18.2 Å². The Bertz CT molecular complexity index is 1070. The molecule has 4 rings (SSSR count). The first kappa shape index (κ1) is 13.2. The number of aromatic nitrogens is 3. The molecule has 3 aromatic heterocycles. The minimum absolute atomic E-state index is 0.220. The fraction of sp³-hybridized carbons (Fsp3) is 0. The molecule has 0 aliphatic heterocycles. The van der Waals surface area contributed by atoms with E-state index in [1.54, 1.807) is 30.5 Å². The summed E-state index contributed by atoms with van der Waals surface area (Å²) in [4.78, 5) is 17.3. The predicted octanol–water partition coefficient (Wildman–Crippen LogP) is 2.61. The number of hydrogen-bond acceptors (Lipinski definition) is 5. The van der Waals surface area contributed by atoms with Gasteiger partial charge in [0.25, 0.3) is 5.56 Å². The number of hydrogen-bond donors (Lipinski definition) is 0. The van der Waals surface area contributed by atoms with Crippen molar-refractivity contribution in [2.24, 2.45) is 0 Å². The third-order valence-electron chi connectivity index (χ3n) is 3.11. The largest absolute Gasteiger partial charge is 0.465 e. The molecule has 0 unspecified atom stereocenters. The van der Waals surface area contributed by atoms with Crippen LogP contribution in [-0.2, 0) is 0 Å². The molecule has 4 aromatic rings. The minimum atomic E-state index is -0.220. The highest BCUT2D eigenvalue weighted by molar-refractivity contribution is 7.15. The van der Waals surface area contributed by atoms with Gasteiger partial charge in [-0.05, 0) is 24.3 Å². The zero-order valence-electron chi connectivity index (χ0n) is 11.1. The number of halogens is 1. The molecule has 5 nitrogen and oxygen atoms in total. The van der Waals surface area contributed by atoms with Gasteiger partial charge < -0.3 is 4.42 Å². The maximum atomic E-state index is 12.3. The van der Waals surface area contributed by atoms with Crippen molar-refractivity contribution in [3.63, 3.8) is 0 Å². The van der Waals surface area contributed by atoms with Crippen molar-refractivity contribution in [1.29, 1.82) is 0 Å². The van der Waals surface area contributed by atoms with Crippen LogP contribution in [0, 0.1) is 0 Å². The molecular weight excluding hydrogens is 322 g/mol. The molecule has 0 atom stereocenters. The maximum absolute atomic E-state index is 12.3. The molecule has 0 amide bonds. The summed E-state index contributed by atoms with van der Waals surface area (Å²) in [6, 6.07) is 10.8. The van der Waals surface area contributed by atoms with Crippen LogP contribution >= 0.6 is 22.9 Å². The van der Waals surface area contributed by atoms with E-state index >= 15 is 0 Å². The predicted molar refractivity (Wildman–Crippen MR) is 85.1 cm³/mol. The Labute approximate surface area is 133 Å². The summed E-state index contributed by atoms with van der Waals surface area (Å²) in [5.41, 5.74) is 0.484. The van der Waals surface area contributed by atoms with Crippen LogP contribution in [0.15, 0.2) is 51.9 Å². The smallest absolute Gasteiger partial charge is 0.291 e. The first-order chi connectivity index (χ1) is 10.7. The Morgan fingerprint density at radius 3 is 2.82 bits per heavy atom. The van der Waals surface area contributed by atoms with Gasteiger partial charge in [-0.15, -0.1) is 5.10 Å². The molecule has 22 heavy (non-hydrogen) atoms. The third-order valence-corrected chi connectivity index (χ3v) is 4.40.